The summed E-state index contributed by atoms with van der Waals surface area (Å²) in [7, 11) is 0. The zero-order valence-electron chi connectivity index (χ0n) is 13.7. The first-order chi connectivity index (χ1) is 10.5. The van der Waals surface area contributed by atoms with Gasteiger partial charge in [-0.1, -0.05) is 13.0 Å². The number of benzene rings is 1. The van der Waals surface area contributed by atoms with Crippen LogP contribution in [0.15, 0.2) is 36.0 Å². The van der Waals surface area contributed by atoms with Gasteiger partial charge in [-0.2, -0.15) is 5.10 Å². The minimum absolute atomic E-state index is 0.208. The molecule has 0 saturated carbocycles. The summed E-state index contributed by atoms with van der Waals surface area (Å²) in [6.45, 7) is 10.2. The Morgan fingerprint density at radius 3 is 2.73 bits per heavy atom. The van der Waals surface area contributed by atoms with Crippen molar-refractivity contribution in [3.63, 3.8) is 0 Å². The zero-order chi connectivity index (χ0) is 15.7. The molecule has 2 aromatic rings. The highest BCUT2D eigenvalue weighted by atomic mass is 15.4. The summed E-state index contributed by atoms with van der Waals surface area (Å²) in [6.07, 6.45) is 6.18. The Morgan fingerprint density at radius 2 is 2.05 bits per heavy atom. The zero-order valence-corrected chi connectivity index (χ0v) is 13.7. The van der Waals surface area contributed by atoms with Crippen LogP contribution in [0.1, 0.15) is 51.2 Å². The Balaban J connectivity index is 1.95. The lowest BCUT2D eigenvalue weighted by Crippen LogP contribution is -2.48. The molecule has 0 fully saturated rings. The van der Waals surface area contributed by atoms with Crippen LogP contribution >= 0.6 is 0 Å². The van der Waals surface area contributed by atoms with Crippen molar-refractivity contribution in [2.24, 2.45) is 5.10 Å². The van der Waals surface area contributed by atoms with Crippen LogP contribution in [-0.4, -0.2) is 33.2 Å². The Morgan fingerprint density at radius 1 is 1.32 bits per heavy atom. The third-order valence-electron chi connectivity index (χ3n) is 4.47. The molecule has 1 aliphatic rings. The van der Waals surface area contributed by atoms with Gasteiger partial charge in [0.2, 0.25) is 0 Å². The van der Waals surface area contributed by atoms with Crippen molar-refractivity contribution in [2.45, 2.75) is 45.6 Å². The smallest absolute Gasteiger partial charge is 0.141 e. The van der Waals surface area contributed by atoms with E-state index >= 15 is 0 Å². The summed E-state index contributed by atoms with van der Waals surface area (Å²) in [5.74, 6) is 0.552. The number of fused-ring (bicyclic) bond motifs is 1. The van der Waals surface area contributed by atoms with Crippen LogP contribution in [0.3, 0.4) is 0 Å². The molecule has 1 aromatic heterocycles. The molecule has 5 heteroatoms. The quantitative estimate of drug-likeness (QED) is 0.817. The van der Waals surface area contributed by atoms with Crippen LogP contribution in [0.4, 0.5) is 5.69 Å². The fourth-order valence-electron chi connectivity index (χ4n) is 3.58. The van der Waals surface area contributed by atoms with Gasteiger partial charge in [0.05, 0.1) is 6.21 Å². The van der Waals surface area contributed by atoms with Gasteiger partial charge in [-0.25, -0.2) is 4.68 Å². The van der Waals surface area contributed by atoms with E-state index in [9.17, 15) is 0 Å². The largest absolute Gasteiger partial charge is 0.366 e. The van der Waals surface area contributed by atoms with Crippen molar-refractivity contribution in [1.29, 1.82) is 0 Å². The van der Waals surface area contributed by atoms with Crippen LogP contribution in [0.5, 0.6) is 0 Å². The Bertz CT molecular complexity index is 672. The summed E-state index contributed by atoms with van der Waals surface area (Å²) in [5, 5.41) is 11.8. The van der Waals surface area contributed by atoms with Crippen molar-refractivity contribution in [3.05, 3.63) is 42.0 Å². The predicted molar refractivity (Wildman–Crippen MR) is 89.6 cm³/mol. The summed E-state index contributed by atoms with van der Waals surface area (Å²) in [5.41, 5.74) is 4.08. The number of nitrogens with zero attached hydrogens (tertiary/aromatic N) is 5. The van der Waals surface area contributed by atoms with Crippen LogP contribution in [0, 0.1) is 0 Å². The number of hydrogen-bond acceptors (Lipinski definition) is 4. The summed E-state index contributed by atoms with van der Waals surface area (Å²) < 4.78 is 1.60. The van der Waals surface area contributed by atoms with Crippen molar-refractivity contribution < 1.29 is 0 Å². The SMILES string of the molecule is CCN1c2ccc(/C=N/n3cnnc3)cc2C(C)CC1(C)C. The number of aromatic nitrogens is 3. The van der Waals surface area contributed by atoms with Gasteiger partial charge in [-0.05, 0) is 56.4 Å². The van der Waals surface area contributed by atoms with Crippen LogP contribution in [-0.2, 0) is 0 Å². The van der Waals surface area contributed by atoms with Gasteiger partial charge in [0.15, 0.2) is 0 Å². The molecule has 0 saturated heterocycles. The van der Waals surface area contributed by atoms with Crippen molar-refractivity contribution >= 4 is 11.9 Å². The highest BCUT2D eigenvalue weighted by Gasteiger charge is 2.35. The van der Waals surface area contributed by atoms with E-state index in [1.165, 1.54) is 17.7 Å². The van der Waals surface area contributed by atoms with Gasteiger partial charge in [0, 0.05) is 17.8 Å². The monoisotopic (exact) mass is 297 g/mol. The maximum atomic E-state index is 4.33. The molecule has 0 N–H and O–H groups in total. The minimum Gasteiger partial charge on any atom is -0.366 e. The standard InChI is InChI=1S/C17H23N5/c1-5-22-16-7-6-14(10-20-21-11-18-19-12-21)8-15(16)13(2)9-17(22,3)4/h6-8,10-13H,5,9H2,1-4H3/b20-10+. The highest BCUT2D eigenvalue weighted by molar-refractivity contribution is 5.81. The third-order valence-corrected chi connectivity index (χ3v) is 4.47. The Hall–Kier alpha value is -2.17. The summed E-state index contributed by atoms with van der Waals surface area (Å²) >= 11 is 0. The second-order valence-electron chi connectivity index (χ2n) is 6.57. The van der Waals surface area contributed by atoms with Crippen molar-refractivity contribution in [2.75, 3.05) is 11.4 Å². The van der Waals surface area contributed by atoms with Crippen molar-refractivity contribution in [1.82, 2.24) is 14.9 Å². The van der Waals surface area contributed by atoms with E-state index in [-0.39, 0.29) is 5.54 Å². The van der Waals surface area contributed by atoms with E-state index in [4.69, 9.17) is 0 Å². The number of hydrogen-bond donors (Lipinski definition) is 0. The van der Waals surface area contributed by atoms with Gasteiger partial charge in [-0.3, -0.25) is 0 Å². The average molecular weight is 297 g/mol. The van der Waals surface area contributed by atoms with E-state index in [0.717, 1.165) is 12.1 Å². The number of anilines is 1. The molecule has 2 heterocycles. The fourth-order valence-corrected chi connectivity index (χ4v) is 3.58. The van der Waals surface area contributed by atoms with Gasteiger partial charge in [-0.15, -0.1) is 10.2 Å². The number of rotatable bonds is 3. The molecule has 1 aromatic carbocycles. The normalized spacial score (nSPS) is 20.4. The molecule has 1 atom stereocenters. The Labute approximate surface area is 131 Å². The summed E-state index contributed by atoms with van der Waals surface area (Å²) in [6, 6.07) is 6.61. The molecule has 0 aliphatic carbocycles. The Kier molecular flexibility index (Phi) is 3.72. The lowest BCUT2D eigenvalue weighted by atomic mass is 9.79. The van der Waals surface area contributed by atoms with Crippen molar-refractivity contribution in [3.8, 4) is 0 Å². The molecular weight excluding hydrogens is 274 g/mol. The van der Waals surface area contributed by atoms with E-state index in [1.807, 2.05) is 6.21 Å². The molecule has 3 rings (SSSR count). The maximum absolute atomic E-state index is 4.33. The van der Waals surface area contributed by atoms with E-state index in [0.29, 0.717) is 5.92 Å². The van der Waals surface area contributed by atoms with Gasteiger partial charge in [0.1, 0.15) is 12.7 Å². The fraction of sp³-hybridized carbons (Fsp3) is 0.471. The van der Waals surface area contributed by atoms with Gasteiger partial charge in [0.25, 0.3) is 0 Å². The highest BCUT2D eigenvalue weighted by Crippen LogP contribution is 2.43. The molecule has 116 valence electrons. The first-order valence-electron chi connectivity index (χ1n) is 7.82. The van der Waals surface area contributed by atoms with E-state index in [1.54, 1.807) is 17.3 Å². The molecule has 0 bridgehead atoms. The predicted octanol–water partition coefficient (Wildman–Crippen LogP) is 3.27. The molecule has 0 spiro atoms. The lowest BCUT2D eigenvalue weighted by Gasteiger charge is -2.47. The molecule has 0 radical (unpaired) electrons. The van der Waals surface area contributed by atoms with Crippen LogP contribution < -0.4 is 4.90 Å². The molecular formula is C17H23N5. The van der Waals surface area contributed by atoms with Gasteiger partial charge < -0.3 is 4.90 Å². The van der Waals surface area contributed by atoms with E-state index in [2.05, 4.69) is 66.1 Å². The first-order valence-corrected chi connectivity index (χ1v) is 7.82. The molecule has 1 unspecified atom stereocenters. The minimum atomic E-state index is 0.208. The van der Waals surface area contributed by atoms with Crippen LogP contribution in [0.2, 0.25) is 0 Å². The molecule has 1 aliphatic heterocycles. The summed E-state index contributed by atoms with van der Waals surface area (Å²) in [4.78, 5) is 2.50. The topological polar surface area (TPSA) is 46.3 Å². The lowest BCUT2D eigenvalue weighted by molar-refractivity contribution is 0.381. The molecule has 22 heavy (non-hydrogen) atoms. The third kappa shape index (κ3) is 2.63. The molecule has 5 nitrogen and oxygen atoms in total. The second-order valence-corrected chi connectivity index (χ2v) is 6.57. The van der Waals surface area contributed by atoms with Gasteiger partial charge >= 0.3 is 0 Å². The first kappa shape index (κ1) is 14.8. The van der Waals surface area contributed by atoms with E-state index < -0.39 is 0 Å². The van der Waals surface area contributed by atoms with Crippen LogP contribution in [0.25, 0.3) is 0 Å². The maximum Gasteiger partial charge on any atom is 0.141 e. The average Bonchev–Trinajstić information content (AvgIpc) is 2.98. The second kappa shape index (κ2) is 5.55. The molecule has 0 amide bonds.